The summed E-state index contributed by atoms with van der Waals surface area (Å²) in [6.45, 7) is 2.09. The van der Waals surface area contributed by atoms with Gasteiger partial charge in [0.1, 0.15) is 6.10 Å². The third kappa shape index (κ3) is 4.68. The van der Waals surface area contributed by atoms with Crippen molar-refractivity contribution in [2.24, 2.45) is 11.8 Å². The molecule has 1 aromatic carbocycles. The Morgan fingerprint density at radius 2 is 1.83 bits per heavy atom. The molecular weight excluding hydrogens is 292 g/mol. The fraction of sp³-hybridized carbons (Fsp3) is 0.474. The van der Waals surface area contributed by atoms with Gasteiger partial charge in [0.15, 0.2) is 0 Å². The van der Waals surface area contributed by atoms with E-state index in [1.54, 1.807) is 0 Å². The number of hydrogen-bond acceptors (Lipinski definition) is 3. The molecule has 1 aliphatic carbocycles. The summed E-state index contributed by atoms with van der Waals surface area (Å²) in [5, 5.41) is 9.31. The molecule has 4 nitrogen and oxygen atoms in total. The van der Waals surface area contributed by atoms with Gasteiger partial charge in [0.25, 0.3) is 0 Å². The summed E-state index contributed by atoms with van der Waals surface area (Å²) in [4.78, 5) is 23.9. The monoisotopic (exact) mass is 316 g/mol. The zero-order chi connectivity index (χ0) is 16.7. The van der Waals surface area contributed by atoms with Crippen LogP contribution in [-0.4, -0.2) is 17.0 Å². The fourth-order valence-corrected chi connectivity index (χ4v) is 2.93. The van der Waals surface area contributed by atoms with E-state index in [4.69, 9.17) is 4.74 Å². The number of carbonyl (C=O) groups excluding carboxylic acids is 1. The van der Waals surface area contributed by atoms with Crippen LogP contribution in [-0.2, 0) is 14.3 Å². The van der Waals surface area contributed by atoms with Crippen molar-refractivity contribution >= 4 is 11.9 Å². The van der Waals surface area contributed by atoms with Gasteiger partial charge in [-0.1, -0.05) is 55.8 Å². The summed E-state index contributed by atoms with van der Waals surface area (Å²) in [5.41, 5.74) is 0.965. The van der Waals surface area contributed by atoms with Crippen molar-refractivity contribution in [2.45, 2.75) is 45.1 Å². The second-order valence-electron chi connectivity index (χ2n) is 5.97. The topological polar surface area (TPSA) is 63.6 Å². The molecule has 1 aliphatic rings. The number of allylic oxidation sites excluding steroid dienone is 2. The van der Waals surface area contributed by atoms with E-state index in [1.165, 1.54) is 0 Å². The molecule has 0 fully saturated rings. The minimum atomic E-state index is -0.930. The van der Waals surface area contributed by atoms with Gasteiger partial charge in [0, 0.05) is 0 Å². The largest absolute Gasteiger partial charge is 0.481 e. The minimum Gasteiger partial charge on any atom is -0.481 e. The Kier molecular flexibility index (Phi) is 6.39. The first-order valence-corrected chi connectivity index (χ1v) is 8.26. The molecule has 0 saturated carbocycles. The van der Waals surface area contributed by atoms with Crippen molar-refractivity contribution < 1.29 is 19.4 Å². The van der Waals surface area contributed by atoms with Gasteiger partial charge in [-0.15, -0.1) is 0 Å². The predicted octanol–water partition coefficient (Wildman–Crippen LogP) is 4.13. The van der Waals surface area contributed by atoms with Gasteiger partial charge < -0.3 is 9.84 Å². The maximum absolute atomic E-state index is 12.5. The van der Waals surface area contributed by atoms with Crippen molar-refractivity contribution in [1.82, 2.24) is 0 Å². The van der Waals surface area contributed by atoms with E-state index in [2.05, 4.69) is 6.92 Å². The number of ether oxygens (including phenoxy) is 1. The van der Waals surface area contributed by atoms with Gasteiger partial charge >= 0.3 is 11.9 Å². The van der Waals surface area contributed by atoms with Crippen LogP contribution in [0.25, 0.3) is 0 Å². The van der Waals surface area contributed by atoms with E-state index >= 15 is 0 Å². The summed E-state index contributed by atoms with van der Waals surface area (Å²) >= 11 is 0. The molecule has 124 valence electrons. The fourth-order valence-electron chi connectivity index (χ4n) is 2.93. The van der Waals surface area contributed by atoms with E-state index in [0.717, 1.165) is 24.8 Å². The highest BCUT2D eigenvalue weighted by atomic mass is 16.5. The highest BCUT2D eigenvalue weighted by molar-refractivity contribution is 5.82. The van der Waals surface area contributed by atoms with E-state index < -0.39 is 23.8 Å². The molecule has 4 heteroatoms. The smallest absolute Gasteiger partial charge is 0.310 e. The molecule has 0 heterocycles. The molecular formula is C19H24O4. The molecule has 0 bridgehead atoms. The quantitative estimate of drug-likeness (QED) is 0.607. The Morgan fingerprint density at radius 3 is 2.43 bits per heavy atom. The zero-order valence-electron chi connectivity index (χ0n) is 13.5. The molecule has 1 aromatic rings. The second kappa shape index (κ2) is 8.51. The minimum absolute atomic E-state index is 0.302. The Labute approximate surface area is 137 Å². The number of esters is 1. The summed E-state index contributed by atoms with van der Waals surface area (Å²) in [6.07, 6.45) is 6.95. The number of rotatable bonds is 7. The van der Waals surface area contributed by atoms with Crippen LogP contribution in [0, 0.1) is 11.8 Å². The lowest BCUT2D eigenvalue weighted by Gasteiger charge is -2.26. The third-order valence-corrected chi connectivity index (χ3v) is 4.30. The lowest BCUT2D eigenvalue weighted by molar-refractivity contribution is -0.162. The van der Waals surface area contributed by atoms with Crippen LogP contribution in [0.5, 0.6) is 0 Å². The molecule has 2 rings (SSSR count). The molecule has 23 heavy (non-hydrogen) atoms. The van der Waals surface area contributed by atoms with Gasteiger partial charge in [-0.2, -0.15) is 0 Å². The normalized spacial score (nSPS) is 21.6. The van der Waals surface area contributed by atoms with E-state index in [-0.39, 0.29) is 6.10 Å². The Hall–Kier alpha value is -2.10. The highest BCUT2D eigenvalue weighted by Crippen LogP contribution is 2.31. The van der Waals surface area contributed by atoms with Crippen LogP contribution < -0.4 is 0 Å². The number of carbonyl (C=O) groups is 2. The van der Waals surface area contributed by atoms with Crippen molar-refractivity contribution in [3.8, 4) is 0 Å². The second-order valence-corrected chi connectivity index (χ2v) is 5.97. The first-order chi connectivity index (χ1) is 11.1. The standard InChI is InChI=1S/C19H24O4/c1-2-3-13-17(14-9-5-4-6-10-14)23-19(22)16-12-8-7-11-15(16)18(20)21/h4-10,15-17H,2-3,11-13H2,1H3,(H,20,21)/t15-,16+,17?/m0/s1. The summed E-state index contributed by atoms with van der Waals surface area (Å²) in [5.74, 6) is -2.60. The molecule has 0 spiro atoms. The lowest BCUT2D eigenvalue weighted by Crippen LogP contribution is -2.33. The first kappa shape index (κ1) is 17.3. The number of carboxylic acid groups (broad SMARTS) is 1. The van der Waals surface area contributed by atoms with E-state index in [0.29, 0.717) is 12.8 Å². The molecule has 0 radical (unpaired) electrons. The van der Waals surface area contributed by atoms with Crippen molar-refractivity contribution in [2.75, 3.05) is 0 Å². The Bertz CT molecular complexity index is 550. The number of hydrogen-bond donors (Lipinski definition) is 1. The molecule has 0 saturated heterocycles. The molecule has 0 aromatic heterocycles. The van der Waals surface area contributed by atoms with Crippen LogP contribution in [0.1, 0.15) is 50.7 Å². The molecule has 3 atom stereocenters. The Morgan fingerprint density at radius 1 is 1.17 bits per heavy atom. The van der Waals surface area contributed by atoms with Crippen LogP contribution >= 0.6 is 0 Å². The van der Waals surface area contributed by atoms with Crippen LogP contribution in [0.2, 0.25) is 0 Å². The summed E-state index contributed by atoms with van der Waals surface area (Å²) in [6, 6.07) is 9.66. The average molecular weight is 316 g/mol. The summed E-state index contributed by atoms with van der Waals surface area (Å²) in [7, 11) is 0. The van der Waals surface area contributed by atoms with Crippen molar-refractivity contribution in [3.05, 3.63) is 48.0 Å². The van der Waals surface area contributed by atoms with Crippen LogP contribution in [0.3, 0.4) is 0 Å². The first-order valence-electron chi connectivity index (χ1n) is 8.26. The maximum Gasteiger partial charge on any atom is 0.310 e. The SMILES string of the molecule is CCCCC(OC(=O)[C@@H]1CC=CC[C@@H]1C(=O)O)c1ccccc1. The molecule has 0 amide bonds. The van der Waals surface area contributed by atoms with Gasteiger partial charge in [-0.3, -0.25) is 9.59 Å². The van der Waals surface area contributed by atoms with Crippen molar-refractivity contribution in [1.29, 1.82) is 0 Å². The van der Waals surface area contributed by atoms with Crippen molar-refractivity contribution in [3.63, 3.8) is 0 Å². The highest BCUT2D eigenvalue weighted by Gasteiger charge is 2.36. The van der Waals surface area contributed by atoms with Gasteiger partial charge in [0.05, 0.1) is 11.8 Å². The van der Waals surface area contributed by atoms with Gasteiger partial charge in [-0.25, -0.2) is 0 Å². The predicted molar refractivity (Wildman–Crippen MR) is 87.8 cm³/mol. The average Bonchev–Trinajstić information content (AvgIpc) is 2.59. The van der Waals surface area contributed by atoms with Crippen LogP contribution in [0.15, 0.2) is 42.5 Å². The number of carboxylic acids is 1. The molecule has 0 aliphatic heterocycles. The molecule has 1 unspecified atom stereocenters. The summed E-state index contributed by atoms with van der Waals surface area (Å²) < 4.78 is 5.72. The number of unbranched alkanes of at least 4 members (excludes halogenated alkanes) is 1. The number of benzene rings is 1. The number of aliphatic carboxylic acids is 1. The maximum atomic E-state index is 12.5. The third-order valence-electron chi connectivity index (χ3n) is 4.30. The van der Waals surface area contributed by atoms with Gasteiger partial charge in [0.2, 0.25) is 0 Å². The lowest BCUT2D eigenvalue weighted by atomic mass is 9.83. The van der Waals surface area contributed by atoms with E-state index in [9.17, 15) is 14.7 Å². The van der Waals surface area contributed by atoms with E-state index in [1.807, 2.05) is 42.5 Å². The zero-order valence-corrected chi connectivity index (χ0v) is 13.5. The van der Waals surface area contributed by atoms with Gasteiger partial charge in [-0.05, 0) is 31.2 Å². The Balaban J connectivity index is 2.10. The molecule has 1 N–H and O–H groups in total. The van der Waals surface area contributed by atoms with Crippen LogP contribution in [0.4, 0.5) is 0 Å².